The van der Waals surface area contributed by atoms with Crippen molar-refractivity contribution >= 4 is 23.2 Å². The van der Waals surface area contributed by atoms with Crippen LogP contribution in [0.15, 0.2) is 22.7 Å². The van der Waals surface area contributed by atoms with E-state index in [1.54, 1.807) is 12.1 Å². The Balaban J connectivity index is 2.13. The molecule has 1 unspecified atom stereocenters. The number of aliphatic hydroxyl groups is 1. The Hall–Kier alpha value is -1.14. The van der Waals surface area contributed by atoms with Crippen molar-refractivity contribution in [3.8, 4) is 0 Å². The van der Waals surface area contributed by atoms with Crippen LogP contribution in [0, 0.1) is 0 Å². The van der Waals surface area contributed by atoms with Gasteiger partial charge in [0.2, 0.25) is 5.89 Å². The molecule has 0 aliphatic rings. The van der Waals surface area contributed by atoms with Crippen LogP contribution in [0.3, 0.4) is 0 Å². The van der Waals surface area contributed by atoms with Crippen LogP contribution in [0.1, 0.15) is 23.3 Å². The Kier molecular flexibility index (Phi) is 4.19. The molecule has 2 aromatic rings. The molecule has 1 atom stereocenters. The fourth-order valence-corrected chi connectivity index (χ4v) is 1.72. The van der Waals surface area contributed by atoms with Gasteiger partial charge in [0.25, 0.3) is 0 Å². The van der Waals surface area contributed by atoms with Crippen LogP contribution in [-0.2, 0) is 6.42 Å². The lowest BCUT2D eigenvalue weighted by atomic mass is 10.1. The van der Waals surface area contributed by atoms with Crippen molar-refractivity contribution in [1.82, 2.24) is 10.1 Å². The van der Waals surface area contributed by atoms with Gasteiger partial charge in [0.15, 0.2) is 5.82 Å². The lowest BCUT2D eigenvalue weighted by molar-refractivity contribution is 0.259. The lowest BCUT2D eigenvalue weighted by Gasteiger charge is -2.00. The van der Waals surface area contributed by atoms with Crippen molar-refractivity contribution in [2.45, 2.75) is 12.5 Å². The van der Waals surface area contributed by atoms with E-state index in [4.69, 9.17) is 38.6 Å². The van der Waals surface area contributed by atoms with Gasteiger partial charge in [-0.1, -0.05) is 34.4 Å². The fourth-order valence-electron chi connectivity index (χ4n) is 1.40. The van der Waals surface area contributed by atoms with Gasteiger partial charge in [-0.15, -0.1) is 0 Å². The van der Waals surface area contributed by atoms with Crippen LogP contribution in [0.25, 0.3) is 0 Å². The van der Waals surface area contributed by atoms with E-state index in [-0.39, 0.29) is 12.4 Å². The highest BCUT2D eigenvalue weighted by molar-refractivity contribution is 6.42. The third-order valence-electron chi connectivity index (χ3n) is 2.35. The molecule has 18 heavy (non-hydrogen) atoms. The molecule has 7 heteroatoms. The molecule has 1 aromatic carbocycles. The van der Waals surface area contributed by atoms with Gasteiger partial charge in [-0.2, -0.15) is 4.98 Å². The third kappa shape index (κ3) is 3.00. The van der Waals surface area contributed by atoms with Gasteiger partial charge in [0.1, 0.15) is 0 Å². The maximum absolute atomic E-state index is 8.88. The first-order valence-electron chi connectivity index (χ1n) is 5.23. The summed E-state index contributed by atoms with van der Waals surface area (Å²) in [6.07, 6.45) is 0.433. The topological polar surface area (TPSA) is 85.2 Å². The first-order chi connectivity index (χ1) is 8.60. The lowest BCUT2D eigenvalue weighted by Crippen LogP contribution is -2.16. The van der Waals surface area contributed by atoms with Crippen molar-refractivity contribution in [3.05, 3.63) is 45.5 Å². The quantitative estimate of drug-likeness (QED) is 0.898. The molecule has 0 bridgehead atoms. The van der Waals surface area contributed by atoms with E-state index in [1.807, 2.05) is 6.07 Å². The number of benzene rings is 1. The Labute approximate surface area is 114 Å². The molecule has 2 rings (SSSR count). The van der Waals surface area contributed by atoms with Crippen molar-refractivity contribution in [3.63, 3.8) is 0 Å². The zero-order valence-corrected chi connectivity index (χ0v) is 10.8. The van der Waals surface area contributed by atoms with E-state index in [2.05, 4.69) is 10.1 Å². The van der Waals surface area contributed by atoms with E-state index >= 15 is 0 Å². The summed E-state index contributed by atoms with van der Waals surface area (Å²) in [5, 5.41) is 13.5. The summed E-state index contributed by atoms with van der Waals surface area (Å²) in [4.78, 5) is 4.09. The summed E-state index contributed by atoms with van der Waals surface area (Å²) < 4.78 is 5.03. The Morgan fingerprint density at radius 3 is 2.78 bits per heavy atom. The molecule has 0 fully saturated rings. The number of aliphatic hydroxyl groups excluding tert-OH is 1. The first kappa shape index (κ1) is 13.3. The molecule has 0 radical (unpaired) electrons. The molecule has 0 saturated heterocycles. The molecule has 0 saturated carbocycles. The molecular weight excluding hydrogens is 277 g/mol. The second-order valence-electron chi connectivity index (χ2n) is 3.76. The number of hydrogen-bond acceptors (Lipinski definition) is 5. The summed E-state index contributed by atoms with van der Waals surface area (Å²) >= 11 is 11.7. The summed E-state index contributed by atoms with van der Waals surface area (Å²) in [6.45, 7) is -0.230. The number of halogens is 2. The maximum atomic E-state index is 8.88. The molecule has 1 heterocycles. The number of aromatic nitrogens is 2. The van der Waals surface area contributed by atoms with Gasteiger partial charge in [-0.05, 0) is 17.7 Å². The molecular formula is C11H11Cl2N3O2. The number of rotatable bonds is 4. The average Bonchev–Trinajstić information content (AvgIpc) is 2.81. The molecule has 0 aliphatic carbocycles. The highest BCUT2D eigenvalue weighted by Gasteiger charge is 2.13. The van der Waals surface area contributed by atoms with Gasteiger partial charge in [-0.3, -0.25) is 0 Å². The third-order valence-corrected chi connectivity index (χ3v) is 3.09. The number of nitrogens with zero attached hydrogens (tertiary/aromatic N) is 2. The highest BCUT2D eigenvalue weighted by atomic mass is 35.5. The van der Waals surface area contributed by atoms with Crippen LogP contribution >= 0.6 is 23.2 Å². The molecule has 5 nitrogen and oxygen atoms in total. The summed E-state index contributed by atoms with van der Waals surface area (Å²) in [5.74, 6) is 0.694. The standard InChI is InChI=1S/C11H11Cl2N3O2/c12-7-2-1-6(3-8(7)13)4-10-15-11(16-18-10)9(14)5-17/h1-3,9,17H,4-5,14H2. The van der Waals surface area contributed by atoms with Gasteiger partial charge >= 0.3 is 0 Å². The molecule has 1 aromatic heterocycles. The number of nitrogens with two attached hydrogens (primary N) is 1. The number of hydrogen-bond donors (Lipinski definition) is 2. The minimum atomic E-state index is -0.628. The minimum Gasteiger partial charge on any atom is -0.394 e. The van der Waals surface area contributed by atoms with E-state index in [1.165, 1.54) is 0 Å². The van der Waals surface area contributed by atoms with Crippen LogP contribution in [0.5, 0.6) is 0 Å². The average molecular weight is 288 g/mol. The SMILES string of the molecule is NC(CO)c1noc(Cc2ccc(Cl)c(Cl)c2)n1. The van der Waals surface area contributed by atoms with E-state index in [9.17, 15) is 0 Å². The van der Waals surface area contributed by atoms with Crippen molar-refractivity contribution in [1.29, 1.82) is 0 Å². The summed E-state index contributed by atoms with van der Waals surface area (Å²) in [5.41, 5.74) is 6.47. The summed E-state index contributed by atoms with van der Waals surface area (Å²) in [6, 6.07) is 4.64. The van der Waals surface area contributed by atoms with Crippen LogP contribution < -0.4 is 5.73 Å². The molecule has 0 spiro atoms. The van der Waals surface area contributed by atoms with E-state index in [0.717, 1.165) is 5.56 Å². The van der Waals surface area contributed by atoms with Gasteiger partial charge in [0, 0.05) is 0 Å². The van der Waals surface area contributed by atoms with Gasteiger partial charge < -0.3 is 15.4 Å². The second-order valence-corrected chi connectivity index (χ2v) is 4.58. The molecule has 96 valence electrons. The Morgan fingerprint density at radius 1 is 1.33 bits per heavy atom. The Morgan fingerprint density at radius 2 is 2.11 bits per heavy atom. The van der Waals surface area contributed by atoms with Crippen LogP contribution in [0.4, 0.5) is 0 Å². The van der Waals surface area contributed by atoms with Crippen LogP contribution in [0.2, 0.25) is 10.0 Å². The zero-order valence-electron chi connectivity index (χ0n) is 9.31. The second kappa shape index (κ2) is 5.67. The monoisotopic (exact) mass is 287 g/mol. The minimum absolute atomic E-state index is 0.230. The molecule has 0 aliphatic heterocycles. The predicted octanol–water partition coefficient (Wildman–Crippen LogP) is 1.96. The van der Waals surface area contributed by atoms with Crippen molar-refractivity contribution < 1.29 is 9.63 Å². The summed E-state index contributed by atoms with van der Waals surface area (Å²) in [7, 11) is 0. The normalized spacial score (nSPS) is 12.7. The predicted molar refractivity (Wildman–Crippen MR) is 67.6 cm³/mol. The van der Waals surface area contributed by atoms with E-state index < -0.39 is 6.04 Å². The molecule has 3 N–H and O–H groups in total. The van der Waals surface area contributed by atoms with Crippen molar-refractivity contribution in [2.75, 3.05) is 6.61 Å². The smallest absolute Gasteiger partial charge is 0.231 e. The maximum Gasteiger partial charge on any atom is 0.231 e. The van der Waals surface area contributed by atoms with Crippen molar-refractivity contribution in [2.24, 2.45) is 5.73 Å². The Bertz CT molecular complexity index is 545. The fraction of sp³-hybridized carbons (Fsp3) is 0.273. The first-order valence-corrected chi connectivity index (χ1v) is 5.98. The van der Waals surface area contributed by atoms with Gasteiger partial charge in [-0.25, -0.2) is 0 Å². The zero-order chi connectivity index (χ0) is 13.1. The van der Waals surface area contributed by atoms with E-state index in [0.29, 0.717) is 22.4 Å². The van der Waals surface area contributed by atoms with Crippen LogP contribution in [-0.4, -0.2) is 21.9 Å². The van der Waals surface area contributed by atoms with Gasteiger partial charge in [0.05, 0.1) is 29.1 Å². The molecule has 0 amide bonds. The highest BCUT2D eigenvalue weighted by Crippen LogP contribution is 2.23. The largest absolute Gasteiger partial charge is 0.394 e.